The third-order valence-corrected chi connectivity index (χ3v) is 4.43. The van der Waals surface area contributed by atoms with Gasteiger partial charge in [0.2, 0.25) is 0 Å². The number of carbonyl (C=O) groups excluding carboxylic acids is 2. The highest BCUT2D eigenvalue weighted by atomic mass is 16.6. The number of hydrazone groups is 1. The SMILES string of the molecule is COc1ccc(C(=O)N/N=C\c2ccc(OC(=O)c3ccccc3)c(OC)c2)cc1OC. The Labute approximate surface area is 185 Å². The van der Waals surface area contributed by atoms with Gasteiger partial charge < -0.3 is 18.9 Å². The molecule has 0 aromatic heterocycles. The monoisotopic (exact) mass is 434 g/mol. The van der Waals surface area contributed by atoms with Gasteiger partial charge in [0.25, 0.3) is 5.91 Å². The van der Waals surface area contributed by atoms with Crippen LogP contribution in [-0.2, 0) is 0 Å². The Morgan fingerprint density at radius 3 is 2.09 bits per heavy atom. The van der Waals surface area contributed by atoms with Crippen molar-refractivity contribution >= 4 is 18.1 Å². The molecule has 0 atom stereocenters. The van der Waals surface area contributed by atoms with E-state index in [-0.39, 0.29) is 5.75 Å². The number of carbonyl (C=O) groups is 2. The van der Waals surface area contributed by atoms with Crippen LogP contribution in [0.4, 0.5) is 0 Å². The van der Waals surface area contributed by atoms with E-state index in [9.17, 15) is 9.59 Å². The summed E-state index contributed by atoms with van der Waals surface area (Å²) in [5.74, 6) is 0.676. The highest BCUT2D eigenvalue weighted by Crippen LogP contribution is 2.29. The molecule has 0 saturated carbocycles. The Morgan fingerprint density at radius 1 is 0.750 bits per heavy atom. The van der Waals surface area contributed by atoms with Crippen molar-refractivity contribution in [1.82, 2.24) is 5.43 Å². The van der Waals surface area contributed by atoms with Gasteiger partial charge >= 0.3 is 5.97 Å². The first kappa shape index (κ1) is 22.4. The van der Waals surface area contributed by atoms with Gasteiger partial charge in [0.15, 0.2) is 23.0 Å². The number of nitrogens with zero attached hydrogens (tertiary/aromatic N) is 1. The predicted molar refractivity (Wildman–Crippen MR) is 119 cm³/mol. The van der Waals surface area contributed by atoms with E-state index in [1.54, 1.807) is 60.7 Å². The number of ether oxygens (including phenoxy) is 4. The molecule has 0 unspecified atom stereocenters. The summed E-state index contributed by atoms with van der Waals surface area (Å²) in [5.41, 5.74) is 3.87. The molecular weight excluding hydrogens is 412 g/mol. The summed E-state index contributed by atoms with van der Waals surface area (Å²) in [7, 11) is 4.48. The number of methoxy groups -OCH3 is 3. The third kappa shape index (κ3) is 5.42. The topological polar surface area (TPSA) is 95.5 Å². The number of benzene rings is 3. The fourth-order valence-electron chi connectivity index (χ4n) is 2.79. The van der Waals surface area contributed by atoms with Gasteiger partial charge in [-0.2, -0.15) is 5.10 Å². The van der Waals surface area contributed by atoms with Crippen LogP contribution in [0, 0.1) is 0 Å². The van der Waals surface area contributed by atoms with E-state index in [1.165, 1.54) is 27.5 Å². The van der Waals surface area contributed by atoms with Crippen LogP contribution < -0.4 is 24.4 Å². The van der Waals surface area contributed by atoms with Crippen LogP contribution in [0.2, 0.25) is 0 Å². The summed E-state index contributed by atoms with van der Waals surface area (Å²) in [4.78, 5) is 24.6. The first-order chi connectivity index (χ1) is 15.5. The van der Waals surface area contributed by atoms with Crippen LogP contribution in [-0.4, -0.2) is 39.4 Å². The van der Waals surface area contributed by atoms with Crippen molar-refractivity contribution in [3.05, 3.63) is 83.4 Å². The molecule has 3 aromatic carbocycles. The third-order valence-electron chi connectivity index (χ3n) is 4.43. The molecule has 3 aromatic rings. The molecule has 1 amide bonds. The van der Waals surface area contributed by atoms with Crippen molar-refractivity contribution in [2.24, 2.45) is 5.10 Å². The highest BCUT2D eigenvalue weighted by Gasteiger charge is 2.13. The molecule has 32 heavy (non-hydrogen) atoms. The zero-order valence-electron chi connectivity index (χ0n) is 17.8. The van der Waals surface area contributed by atoms with Gasteiger partial charge in [0, 0.05) is 5.56 Å². The lowest BCUT2D eigenvalue weighted by Gasteiger charge is -2.10. The van der Waals surface area contributed by atoms with Crippen LogP contribution in [0.3, 0.4) is 0 Å². The van der Waals surface area contributed by atoms with Gasteiger partial charge in [0.05, 0.1) is 33.1 Å². The maximum absolute atomic E-state index is 12.3. The second kappa shape index (κ2) is 10.6. The van der Waals surface area contributed by atoms with E-state index in [4.69, 9.17) is 18.9 Å². The van der Waals surface area contributed by atoms with Crippen molar-refractivity contribution in [1.29, 1.82) is 0 Å². The quantitative estimate of drug-likeness (QED) is 0.251. The number of hydrogen-bond acceptors (Lipinski definition) is 7. The first-order valence-corrected chi connectivity index (χ1v) is 9.56. The zero-order chi connectivity index (χ0) is 22.9. The molecule has 0 heterocycles. The standard InChI is InChI=1S/C24H22N2O6/c1-29-19-12-10-18(14-22(19)31-3)23(27)26-25-15-16-9-11-20(21(13-16)30-2)32-24(28)17-7-5-4-6-8-17/h4-15H,1-3H3,(H,26,27)/b25-15-. The van der Waals surface area contributed by atoms with E-state index in [0.717, 1.165) is 0 Å². The molecular formula is C24H22N2O6. The average Bonchev–Trinajstić information content (AvgIpc) is 2.84. The van der Waals surface area contributed by atoms with Gasteiger partial charge in [-0.15, -0.1) is 0 Å². The molecule has 1 N–H and O–H groups in total. The van der Waals surface area contributed by atoms with E-state index in [0.29, 0.717) is 33.9 Å². The summed E-state index contributed by atoms with van der Waals surface area (Å²) in [5, 5.41) is 3.97. The maximum atomic E-state index is 12.3. The molecule has 0 bridgehead atoms. The Hall–Kier alpha value is -4.33. The van der Waals surface area contributed by atoms with E-state index in [1.807, 2.05) is 6.07 Å². The second-order valence-electron chi connectivity index (χ2n) is 6.43. The summed E-state index contributed by atoms with van der Waals surface area (Å²) in [6.45, 7) is 0. The van der Waals surface area contributed by atoms with Gasteiger partial charge in [0.1, 0.15) is 0 Å². The van der Waals surface area contributed by atoms with Crippen molar-refractivity contribution in [2.45, 2.75) is 0 Å². The Bertz CT molecular complexity index is 1130. The number of hydrogen-bond donors (Lipinski definition) is 1. The minimum absolute atomic E-state index is 0.271. The van der Waals surface area contributed by atoms with Gasteiger partial charge in [-0.05, 0) is 54.1 Å². The molecule has 0 spiro atoms. The van der Waals surface area contributed by atoms with Crippen LogP contribution in [0.1, 0.15) is 26.3 Å². The van der Waals surface area contributed by atoms with Gasteiger partial charge in [-0.3, -0.25) is 4.79 Å². The number of esters is 1. The lowest BCUT2D eigenvalue weighted by atomic mass is 10.2. The van der Waals surface area contributed by atoms with E-state index in [2.05, 4.69) is 10.5 Å². The summed E-state index contributed by atoms with van der Waals surface area (Å²) >= 11 is 0. The van der Waals surface area contributed by atoms with Gasteiger partial charge in [-0.25, -0.2) is 10.2 Å². The van der Waals surface area contributed by atoms with Crippen LogP contribution in [0.25, 0.3) is 0 Å². The van der Waals surface area contributed by atoms with Crippen LogP contribution >= 0.6 is 0 Å². The molecule has 0 aliphatic heterocycles. The summed E-state index contributed by atoms with van der Waals surface area (Å²) < 4.78 is 21.1. The molecule has 3 rings (SSSR count). The number of rotatable bonds is 8. The summed E-state index contributed by atoms with van der Waals surface area (Å²) in [6, 6.07) is 18.4. The van der Waals surface area contributed by atoms with Crippen molar-refractivity contribution < 1.29 is 28.5 Å². The van der Waals surface area contributed by atoms with Gasteiger partial charge in [-0.1, -0.05) is 18.2 Å². The predicted octanol–water partition coefficient (Wildman–Crippen LogP) is 3.70. The molecule has 164 valence electrons. The fourth-order valence-corrected chi connectivity index (χ4v) is 2.79. The Morgan fingerprint density at radius 2 is 1.41 bits per heavy atom. The smallest absolute Gasteiger partial charge is 0.343 e. The Kier molecular flexibility index (Phi) is 7.42. The fraction of sp³-hybridized carbons (Fsp3) is 0.125. The van der Waals surface area contributed by atoms with E-state index < -0.39 is 11.9 Å². The normalized spacial score (nSPS) is 10.5. The molecule has 0 fully saturated rings. The molecule has 0 aliphatic rings. The maximum Gasteiger partial charge on any atom is 0.343 e. The lowest BCUT2D eigenvalue weighted by Crippen LogP contribution is -2.17. The molecule has 0 radical (unpaired) electrons. The molecule has 8 nitrogen and oxygen atoms in total. The second-order valence-corrected chi connectivity index (χ2v) is 6.43. The largest absolute Gasteiger partial charge is 0.493 e. The number of nitrogens with one attached hydrogen (secondary N) is 1. The van der Waals surface area contributed by atoms with Crippen LogP contribution in [0.5, 0.6) is 23.0 Å². The zero-order valence-corrected chi connectivity index (χ0v) is 17.8. The summed E-state index contributed by atoms with van der Waals surface area (Å²) in [6.07, 6.45) is 1.45. The highest BCUT2D eigenvalue weighted by molar-refractivity contribution is 5.95. The Balaban J connectivity index is 1.67. The molecule has 0 saturated heterocycles. The van der Waals surface area contributed by atoms with Crippen molar-refractivity contribution in [3.63, 3.8) is 0 Å². The average molecular weight is 434 g/mol. The lowest BCUT2D eigenvalue weighted by molar-refractivity contribution is 0.0729. The number of amides is 1. The minimum Gasteiger partial charge on any atom is -0.493 e. The van der Waals surface area contributed by atoms with Crippen LogP contribution in [0.15, 0.2) is 71.8 Å². The first-order valence-electron chi connectivity index (χ1n) is 9.56. The molecule has 8 heteroatoms. The van der Waals surface area contributed by atoms with Crippen molar-refractivity contribution in [2.75, 3.05) is 21.3 Å². The van der Waals surface area contributed by atoms with Crippen molar-refractivity contribution in [3.8, 4) is 23.0 Å². The minimum atomic E-state index is -0.493. The molecule has 0 aliphatic carbocycles. The van der Waals surface area contributed by atoms with E-state index >= 15 is 0 Å².